The van der Waals surface area contributed by atoms with E-state index >= 15 is 0 Å². The first-order valence-corrected chi connectivity index (χ1v) is 7.15. The SMILES string of the molecule is CN(C)C(=S)S.CN(C)C(=S)S.CN(C)C(=S)[S-].[Na+].[SeH2]. The first-order chi connectivity index (χ1) is 7.93. The average molecular weight is 467 g/mol. The fourth-order valence-electron chi connectivity index (χ4n) is 0. The van der Waals surface area contributed by atoms with Gasteiger partial charge in [0.2, 0.25) is 0 Å². The number of hydrogen-bond acceptors (Lipinski definition) is 4. The van der Waals surface area contributed by atoms with Crippen LogP contribution in [0.15, 0.2) is 0 Å². The van der Waals surface area contributed by atoms with Crippen LogP contribution in [0.1, 0.15) is 0 Å². The van der Waals surface area contributed by atoms with Crippen molar-refractivity contribution in [2.45, 2.75) is 0 Å². The van der Waals surface area contributed by atoms with Gasteiger partial charge in [-0.2, -0.15) is 0 Å². The molecule has 0 amide bonds. The van der Waals surface area contributed by atoms with Crippen LogP contribution in [0.4, 0.5) is 0 Å². The Balaban J connectivity index is -0.0000000536. The molecule has 0 saturated carbocycles. The summed E-state index contributed by atoms with van der Waals surface area (Å²) in [6.07, 6.45) is 0. The fraction of sp³-hybridized carbons (Fsp3) is 0.667. The third-order valence-electron chi connectivity index (χ3n) is 1.13. The second-order valence-electron chi connectivity index (χ2n) is 3.51. The molecule has 0 aromatic carbocycles. The molecule has 0 N–H and O–H groups in total. The van der Waals surface area contributed by atoms with E-state index in [1.165, 1.54) is 0 Å². The Morgan fingerprint density at radius 2 is 0.850 bits per heavy atom. The zero-order valence-electron chi connectivity index (χ0n) is 12.9. The Hall–Kier alpha value is 2.11. The van der Waals surface area contributed by atoms with Gasteiger partial charge in [-0.05, 0) is 0 Å². The predicted molar refractivity (Wildman–Crippen MR) is 113 cm³/mol. The van der Waals surface area contributed by atoms with Crippen molar-refractivity contribution in [1.29, 1.82) is 0 Å². The van der Waals surface area contributed by atoms with E-state index in [4.69, 9.17) is 0 Å². The van der Waals surface area contributed by atoms with Crippen LogP contribution in [0.25, 0.3) is 0 Å². The molecular formula is C9H22N3NaS6Se. The maximum absolute atomic E-state index is 4.61. The van der Waals surface area contributed by atoms with Crippen molar-refractivity contribution in [1.82, 2.24) is 14.7 Å². The van der Waals surface area contributed by atoms with Gasteiger partial charge in [0.1, 0.15) is 8.64 Å². The molecule has 0 aromatic rings. The first-order valence-electron chi connectivity index (χ1n) is 4.62. The Labute approximate surface area is 189 Å². The van der Waals surface area contributed by atoms with Crippen LogP contribution in [-0.4, -0.2) is 87.0 Å². The van der Waals surface area contributed by atoms with Crippen molar-refractivity contribution in [2.75, 3.05) is 42.3 Å². The number of thiocarbonyl (C=S) groups is 3. The first kappa shape index (κ1) is 33.7. The average Bonchev–Trinajstić information content (AvgIpc) is 2.18. The molecule has 0 heterocycles. The van der Waals surface area contributed by atoms with E-state index in [0.29, 0.717) is 13.0 Å². The third-order valence-corrected chi connectivity index (χ3v) is 3.39. The summed E-state index contributed by atoms with van der Waals surface area (Å²) in [4.78, 5) is 5.24. The third kappa shape index (κ3) is 36.9. The van der Waals surface area contributed by atoms with E-state index in [2.05, 4.69) is 74.5 Å². The van der Waals surface area contributed by atoms with Crippen LogP contribution in [-0.2, 0) is 12.6 Å². The molecule has 0 atom stereocenters. The molecule has 0 aliphatic carbocycles. The molecule has 20 heavy (non-hydrogen) atoms. The Morgan fingerprint density at radius 3 is 0.850 bits per heavy atom. The summed E-state index contributed by atoms with van der Waals surface area (Å²) in [6.45, 7) is 0. The molecule has 0 fully saturated rings. The van der Waals surface area contributed by atoms with Crippen molar-refractivity contribution in [2.24, 2.45) is 0 Å². The van der Waals surface area contributed by atoms with Gasteiger partial charge >= 0.3 is 46.6 Å². The molecule has 0 saturated heterocycles. The fourth-order valence-corrected chi connectivity index (χ4v) is 0. The van der Waals surface area contributed by atoms with E-state index in [1.54, 1.807) is 14.7 Å². The Kier molecular flexibility index (Phi) is 35.5. The summed E-state index contributed by atoms with van der Waals surface area (Å²) in [7, 11) is 11.1. The van der Waals surface area contributed by atoms with Crippen LogP contribution in [0.5, 0.6) is 0 Å². The zero-order chi connectivity index (χ0) is 15.5. The monoisotopic (exact) mass is 467 g/mol. The molecule has 0 unspecified atom stereocenters. The summed E-state index contributed by atoms with van der Waals surface area (Å²) >= 11 is 26.0. The van der Waals surface area contributed by atoms with Gasteiger partial charge in [0, 0.05) is 42.3 Å². The van der Waals surface area contributed by atoms with Gasteiger partial charge in [0.15, 0.2) is 0 Å². The van der Waals surface area contributed by atoms with Crippen LogP contribution in [0, 0.1) is 0 Å². The molecule has 0 spiro atoms. The molecule has 0 aliphatic rings. The van der Waals surface area contributed by atoms with Crippen LogP contribution >= 0.6 is 61.9 Å². The normalized spacial score (nSPS) is 7.00. The topological polar surface area (TPSA) is 9.72 Å². The minimum atomic E-state index is 0. The molecule has 0 bridgehead atoms. The zero-order valence-corrected chi connectivity index (χ0v) is 22.0. The molecule has 0 radical (unpaired) electrons. The summed E-state index contributed by atoms with van der Waals surface area (Å²) in [6, 6.07) is 0. The van der Waals surface area contributed by atoms with Gasteiger partial charge in [-0.15, -0.1) is 25.3 Å². The van der Waals surface area contributed by atoms with Gasteiger partial charge in [0.25, 0.3) is 0 Å². The number of nitrogens with zero attached hydrogens (tertiary/aromatic N) is 3. The molecule has 0 rings (SSSR count). The summed E-state index contributed by atoms with van der Waals surface area (Å²) in [5.41, 5.74) is 0. The minimum absolute atomic E-state index is 0. The standard InChI is InChI=1S/3C3H7NS2.Na.H2Se/c3*1-4(2)3(5)6;;/h3*1-2H3,(H,5,6);;1H2/q;;;+1;/p-1. The molecule has 3 nitrogen and oxygen atoms in total. The van der Waals surface area contributed by atoms with Gasteiger partial charge in [-0.1, -0.05) is 28.8 Å². The van der Waals surface area contributed by atoms with E-state index in [0.717, 1.165) is 0 Å². The van der Waals surface area contributed by atoms with E-state index in [9.17, 15) is 0 Å². The van der Waals surface area contributed by atoms with Crippen molar-refractivity contribution in [3.05, 3.63) is 0 Å². The summed E-state index contributed by atoms with van der Waals surface area (Å²) in [5.74, 6) is 0. The van der Waals surface area contributed by atoms with Gasteiger partial charge in [-0.3, -0.25) is 0 Å². The maximum atomic E-state index is 4.61. The van der Waals surface area contributed by atoms with Crippen molar-refractivity contribution in [3.8, 4) is 0 Å². The quantitative estimate of drug-likeness (QED) is 0.183. The molecular weight excluding hydrogens is 444 g/mol. The van der Waals surface area contributed by atoms with Crippen LogP contribution < -0.4 is 29.6 Å². The molecule has 11 heteroatoms. The second kappa shape index (κ2) is 21.1. The van der Waals surface area contributed by atoms with Crippen molar-refractivity contribution >= 4 is 105 Å². The molecule has 116 valence electrons. The summed E-state index contributed by atoms with van der Waals surface area (Å²) < 4.78 is 1.75. The van der Waals surface area contributed by atoms with Crippen LogP contribution in [0.2, 0.25) is 0 Å². The van der Waals surface area contributed by atoms with E-state index < -0.39 is 0 Å². The van der Waals surface area contributed by atoms with E-state index in [-0.39, 0.29) is 46.6 Å². The Morgan fingerprint density at radius 1 is 0.750 bits per heavy atom. The van der Waals surface area contributed by atoms with Crippen molar-refractivity contribution < 1.29 is 29.6 Å². The number of hydrogen-bond donors (Lipinski definition) is 2. The number of thiol groups is 2. The van der Waals surface area contributed by atoms with Gasteiger partial charge in [-0.25, -0.2) is 0 Å². The predicted octanol–water partition coefficient (Wildman–Crippen LogP) is -2.01. The Bertz CT molecular complexity index is 234. The molecule has 0 aliphatic heterocycles. The van der Waals surface area contributed by atoms with Crippen molar-refractivity contribution in [3.63, 3.8) is 0 Å². The van der Waals surface area contributed by atoms with Gasteiger partial charge in [0.05, 0.1) is 0 Å². The van der Waals surface area contributed by atoms with E-state index in [1.807, 2.05) is 42.3 Å². The number of rotatable bonds is 0. The van der Waals surface area contributed by atoms with Crippen LogP contribution in [0.3, 0.4) is 0 Å². The second-order valence-corrected chi connectivity index (χ2v) is 6.77. The summed E-state index contributed by atoms with van der Waals surface area (Å²) in [5, 5.41) is 0. The molecule has 0 aromatic heterocycles. The van der Waals surface area contributed by atoms with Gasteiger partial charge < -0.3 is 39.5 Å².